The Labute approximate surface area is 107 Å². The van der Waals surface area contributed by atoms with Gasteiger partial charge in [0.15, 0.2) is 0 Å². The van der Waals surface area contributed by atoms with Gasteiger partial charge in [-0.05, 0) is 18.8 Å². The predicted molar refractivity (Wildman–Crippen MR) is 71.3 cm³/mol. The van der Waals surface area contributed by atoms with E-state index in [0.29, 0.717) is 19.8 Å². The van der Waals surface area contributed by atoms with Crippen LogP contribution in [0.1, 0.15) is 52.4 Å². The van der Waals surface area contributed by atoms with E-state index in [1.54, 1.807) is 0 Å². The maximum absolute atomic E-state index is 8.49. The van der Waals surface area contributed by atoms with E-state index < -0.39 is 0 Å². The molecule has 0 saturated carbocycles. The van der Waals surface area contributed by atoms with E-state index in [1.807, 2.05) is 0 Å². The van der Waals surface area contributed by atoms with E-state index in [4.69, 9.17) is 14.6 Å². The molecule has 3 heteroatoms. The van der Waals surface area contributed by atoms with Crippen molar-refractivity contribution in [1.82, 2.24) is 0 Å². The summed E-state index contributed by atoms with van der Waals surface area (Å²) in [4.78, 5) is 0. The van der Waals surface area contributed by atoms with Gasteiger partial charge in [0.1, 0.15) is 0 Å². The topological polar surface area (TPSA) is 38.7 Å². The number of ether oxygens (including phenoxy) is 2. The van der Waals surface area contributed by atoms with Crippen LogP contribution < -0.4 is 0 Å². The largest absolute Gasteiger partial charge is 0.394 e. The number of hydrogen-bond donors (Lipinski definition) is 1. The van der Waals surface area contributed by atoms with Crippen LogP contribution in [-0.4, -0.2) is 38.1 Å². The summed E-state index contributed by atoms with van der Waals surface area (Å²) in [6, 6.07) is 0. The van der Waals surface area contributed by atoms with Gasteiger partial charge in [0.25, 0.3) is 0 Å². The van der Waals surface area contributed by atoms with Crippen LogP contribution in [0.25, 0.3) is 0 Å². The summed E-state index contributed by atoms with van der Waals surface area (Å²) in [5, 5.41) is 8.49. The zero-order valence-electron chi connectivity index (χ0n) is 11.6. The van der Waals surface area contributed by atoms with Gasteiger partial charge in [-0.15, -0.1) is 0 Å². The van der Waals surface area contributed by atoms with Crippen molar-refractivity contribution in [3.63, 3.8) is 0 Å². The van der Waals surface area contributed by atoms with Gasteiger partial charge in [-0.3, -0.25) is 0 Å². The molecule has 0 aliphatic carbocycles. The number of unbranched alkanes of at least 4 members (excludes halogenated alkanes) is 2. The first-order valence-corrected chi connectivity index (χ1v) is 7.07. The summed E-state index contributed by atoms with van der Waals surface area (Å²) >= 11 is 0. The van der Waals surface area contributed by atoms with Crippen molar-refractivity contribution < 1.29 is 14.6 Å². The highest BCUT2D eigenvalue weighted by atomic mass is 16.5. The van der Waals surface area contributed by atoms with Crippen molar-refractivity contribution in [2.45, 2.75) is 52.4 Å². The van der Waals surface area contributed by atoms with E-state index in [9.17, 15) is 0 Å². The molecular formula is C14H30O3. The summed E-state index contributed by atoms with van der Waals surface area (Å²) in [5.74, 6) is 0.829. The fraction of sp³-hybridized carbons (Fsp3) is 1.00. The first-order chi connectivity index (χ1) is 8.31. The highest BCUT2D eigenvalue weighted by Gasteiger charge is 2.01. The van der Waals surface area contributed by atoms with E-state index >= 15 is 0 Å². The standard InChI is InChI=1S/C14H30O3/c1-3-4-5-7-14(2)8-6-10-16-12-13-17-11-9-15/h14-15H,3-13H2,1-2H3. The molecule has 0 aliphatic rings. The Morgan fingerprint density at radius 1 is 0.882 bits per heavy atom. The number of rotatable bonds is 13. The molecule has 1 unspecified atom stereocenters. The smallest absolute Gasteiger partial charge is 0.0701 e. The lowest BCUT2D eigenvalue weighted by Crippen LogP contribution is -2.08. The van der Waals surface area contributed by atoms with Crippen LogP contribution in [-0.2, 0) is 9.47 Å². The van der Waals surface area contributed by atoms with Crippen LogP contribution in [0.15, 0.2) is 0 Å². The highest BCUT2D eigenvalue weighted by Crippen LogP contribution is 2.14. The SMILES string of the molecule is CCCCCC(C)CCCOCCOCCO. The van der Waals surface area contributed by atoms with Crippen LogP contribution in [0.3, 0.4) is 0 Å². The average Bonchev–Trinajstić information content (AvgIpc) is 2.33. The third kappa shape index (κ3) is 13.8. The normalized spacial score (nSPS) is 12.9. The summed E-state index contributed by atoms with van der Waals surface area (Å²) in [5.41, 5.74) is 0. The molecule has 0 aliphatic heterocycles. The fourth-order valence-corrected chi connectivity index (χ4v) is 1.81. The Bertz CT molecular complexity index is 139. The van der Waals surface area contributed by atoms with Crippen molar-refractivity contribution in [3.05, 3.63) is 0 Å². The van der Waals surface area contributed by atoms with E-state index in [-0.39, 0.29) is 6.61 Å². The minimum Gasteiger partial charge on any atom is -0.394 e. The van der Waals surface area contributed by atoms with E-state index in [0.717, 1.165) is 18.9 Å². The van der Waals surface area contributed by atoms with Crippen LogP contribution >= 0.6 is 0 Å². The molecule has 0 aromatic carbocycles. The van der Waals surface area contributed by atoms with Crippen LogP contribution in [0.5, 0.6) is 0 Å². The third-order valence-electron chi connectivity index (χ3n) is 2.89. The molecule has 17 heavy (non-hydrogen) atoms. The zero-order valence-corrected chi connectivity index (χ0v) is 11.6. The van der Waals surface area contributed by atoms with Crippen molar-refractivity contribution in [2.24, 2.45) is 5.92 Å². The van der Waals surface area contributed by atoms with Gasteiger partial charge in [-0.2, -0.15) is 0 Å². The fourth-order valence-electron chi connectivity index (χ4n) is 1.81. The lowest BCUT2D eigenvalue weighted by molar-refractivity contribution is 0.0314. The van der Waals surface area contributed by atoms with Crippen LogP contribution in [0, 0.1) is 5.92 Å². The lowest BCUT2D eigenvalue weighted by Gasteiger charge is -2.11. The van der Waals surface area contributed by atoms with Gasteiger partial charge in [0.2, 0.25) is 0 Å². The molecule has 3 nitrogen and oxygen atoms in total. The lowest BCUT2D eigenvalue weighted by atomic mass is 9.98. The number of aliphatic hydroxyl groups is 1. The molecule has 0 rings (SSSR count). The Kier molecular flexibility index (Phi) is 13.8. The van der Waals surface area contributed by atoms with Crippen molar-refractivity contribution in [1.29, 1.82) is 0 Å². The maximum atomic E-state index is 8.49. The van der Waals surface area contributed by atoms with Gasteiger partial charge in [-0.1, -0.05) is 39.5 Å². The first kappa shape index (κ1) is 16.9. The Morgan fingerprint density at radius 2 is 1.53 bits per heavy atom. The van der Waals surface area contributed by atoms with Crippen molar-refractivity contribution in [3.8, 4) is 0 Å². The third-order valence-corrected chi connectivity index (χ3v) is 2.89. The Morgan fingerprint density at radius 3 is 2.18 bits per heavy atom. The summed E-state index contributed by atoms with van der Waals surface area (Å²) in [7, 11) is 0. The highest BCUT2D eigenvalue weighted by molar-refractivity contribution is 4.53. The molecule has 0 spiro atoms. The monoisotopic (exact) mass is 246 g/mol. The molecule has 0 saturated heterocycles. The molecule has 1 atom stereocenters. The van der Waals surface area contributed by atoms with Gasteiger partial charge < -0.3 is 14.6 Å². The molecule has 1 N–H and O–H groups in total. The summed E-state index contributed by atoms with van der Waals surface area (Å²) in [6.07, 6.45) is 7.81. The molecule has 0 aromatic heterocycles. The van der Waals surface area contributed by atoms with E-state index in [1.165, 1.54) is 32.1 Å². The van der Waals surface area contributed by atoms with Crippen LogP contribution in [0.2, 0.25) is 0 Å². The van der Waals surface area contributed by atoms with Crippen molar-refractivity contribution >= 4 is 0 Å². The summed E-state index contributed by atoms with van der Waals surface area (Å²) < 4.78 is 10.6. The minimum atomic E-state index is 0.0925. The Balaban J connectivity index is 3.05. The zero-order chi connectivity index (χ0) is 12.8. The predicted octanol–water partition coefficient (Wildman–Crippen LogP) is 3.01. The van der Waals surface area contributed by atoms with Gasteiger partial charge in [0.05, 0.1) is 26.4 Å². The minimum absolute atomic E-state index is 0.0925. The van der Waals surface area contributed by atoms with Crippen molar-refractivity contribution in [2.75, 3.05) is 33.0 Å². The quantitative estimate of drug-likeness (QED) is 0.508. The molecular weight excluding hydrogens is 216 g/mol. The van der Waals surface area contributed by atoms with Crippen LogP contribution in [0.4, 0.5) is 0 Å². The average molecular weight is 246 g/mol. The van der Waals surface area contributed by atoms with Gasteiger partial charge in [-0.25, -0.2) is 0 Å². The molecule has 0 heterocycles. The van der Waals surface area contributed by atoms with Gasteiger partial charge >= 0.3 is 0 Å². The summed E-state index contributed by atoms with van der Waals surface area (Å²) in [6.45, 7) is 7.15. The second-order valence-electron chi connectivity index (χ2n) is 4.69. The second kappa shape index (κ2) is 13.9. The second-order valence-corrected chi connectivity index (χ2v) is 4.69. The molecule has 0 fully saturated rings. The molecule has 0 aromatic rings. The number of aliphatic hydroxyl groups excluding tert-OH is 1. The molecule has 104 valence electrons. The molecule has 0 bridgehead atoms. The number of hydrogen-bond acceptors (Lipinski definition) is 3. The first-order valence-electron chi connectivity index (χ1n) is 7.07. The Hall–Kier alpha value is -0.120. The molecule has 0 radical (unpaired) electrons. The van der Waals surface area contributed by atoms with Gasteiger partial charge in [0, 0.05) is 6.61 Å². The maximum Gasteiger partial charge on any atom is 0.0701 e. The molecule has 0 amide bonds. The van der Waals surface area contributed by atoms with E-state index in [2.05, 4.69) is 13.8 Å².